The summed E-state index contributed by atoms with van der Waals surface area (Å²) in [4.78, 5) is 14.2. The third-order valence-corrected chi connectivity index (χ3v) is 4.40. The van der Waals surface area contributed by atoms with Gasteiger partial charge >= 0.3 is 6.03 Å². The number of ether oxygens (including phenoxy) is 1. The molecule has 0 radical (unpaired) electrons. The lowest BCUT2D eigenvalue weighted by Gasteiger charge is -2.32. The quantitative estimate of drug-likeness (QED) is 0.897. The smallest absolute Gasteiger partial charge is 0.317 e. The van der Waals surface area contributed by atoms with E-state index in [0.717, 1.165) is 24.9 Å². The standard InChI is InChI=1S/C20H23FN2O2/c21-18-10-4-5-11-19(18)25-15-17-9-6-12-23(14-17)20(24)22-13-16-7-2-1-3-8-16/h1-5,7-8,10-11,17H,6,9,12-15H2,(H,22,24). The van der Waals surface area contributed by atoms with Gasteiger partial charge < -0.3 is 15.0 Å². The predicted molar refractivity (Wildman–Crippen MR) is 94.9 cm³/mol. The molecule has 0 aliphatic carbocycles. The van der Waals surface area contributed by atoms with E-state index in [4.69, 9.17) is 4.74 Å². The van der Waals surface area contributed by atoms with E-state index in [0.29, 0.717) is 19.7 Å². The Kier molecular flexibility index (Phi) is 5.88. The van der Waals surface area contributed by atoms with Crippen molar-refractivity contribution in [1.29, 1.82) is 0 Å². The first-order valence-electron chi connectivity index (χ1n) is 8.66. The van der Waals surface area contributed by atoms with Crippen molar-refractivity contribution in [2.24, 2.45) is 5.92 Å². The molecule has 0 aromatic heterocycles. The number of piperidine rings is 1. The van der Waals surface area contributed by atoms with E-state index in [1.54, 1.807) is 18.2 Å². The van der Waals surface area contributed by atoms with Crippen LogP contribution >= 0.6 is 0 Å². The number of hydrogen-bond donors (Lipinski definition) is 1. The van der Waals surface area contributed by atoms with E-state index in [1.165, 1.54) is 6.07 Å². The fraction of sp³-hybridized carbons (Fsp3) is 0.350. The summed E-state index contributed by atoms with van der Waals surface area (Å²) in [7, 11) is 0. The zero-order valence-corrected chi connectivity index (χ0v) is 14.2. The Morgan fingerprint density at radius 2 is 1.92 bits per heavy atom. The third-order valence-electron chi connectivity index (χ3n) is 4.40. The molecule has 2 aromatic rings. The van der Waals surface area contributed by atoms with Crippen LogP contribution in [0.3, 0.4) is 0 Å². The largest absolute Gasteiger partial charge is 0.490 e. The average molecular weight is 342 g/mol. The summed E-state index contributed by atoms with van der Waals surface area (Å²) < 4.78 is 19.2. The number of halogens is 1. The first-order valence-corrected chi connectivity index (χ1v) is 8.66. The molecule has 25 heavy (non-hydrogen) atoms. The van der Waals surface area contributed by atoms with Crippen molar-refractivity contribution in [3.05, 3.63) is 66.0 Å². The molecule has 1 fully saturated rings. The molecule has 132 valence electrons. The van der Waals surface area contributed by atoms with Gasteiger partial charge in [-0.25, -0.2) is 9.18 Å². The monoisotopic (exact) mass is 342 g/mol. The van der Waals surface area contributed by atoms with E-state index in [2.05, 4.69) is 5.32 Å². The van der Waals surface area contributed by atoms with Gasteiger partial charge in [0.15, 0.2) is 11.6 Å². The van der Waals surface area contributed by atoms with Crippen LogP contribution < -0.4 is 10.1 Å². The molecular formula is C20H23FN2O2. The fourth-order valence-electron chi connectivity index (χ4n) is 3.04. The number of carbonyl (C=O) groups is 1. The first-order chi connectivity index (χ1) is 12.2. The third kappa shape index (κ3) is 4.95. The Hall–Kier alpha value is -2.56. The predicted octanol–water partition coefficient (Wildman–Crippen LogP) is 3.83. The number of carbonyl (C=O) groups excluding carboxylic acids is 1. The maximum atomic E-state index is 13.6. The summed E-state index contributed by atoms with van der Waals surface area (Å²) in [5.41, 5.74) is 1.08. The summed E-state index contributed by atoms with van der Waals surface area (Å²) in [6.45, 7) is 2.32. The molecule has 2 aromatic carbocycles. The van der Waals surface area contributed by atoms with Gasteiger partial charge in [0.1, 0.15) is 0 Å². The molecule has 1 atom stereocenters. The Morgan fingerprint density at radius 1 is 1.16 bits per heavy atom. The number of likely N-dealkylation sites (tertiary alicyclic amines) is 1. The highest BCUT2D eigenvalue weighted by atomic mass is 19.1. The minimum atomic E-state index is -0.351. The second-order valence-electron chi connectivity index (χ2n) is 6.34. The second-order valence-corrected chi connectivity index (χ2v) is 6.34. The van der Waals surface area contributed by atoms with Gasteiger partial charge in [0.05, 0.1) is 6.61 Å². The van der Waals surface area contributed by atoms with Crippen molar-refractivity contribution < 1.29 is 13.9 Å². The molecular weight excluding hydrogens is 319 g/mol. The second kappa shape index (κ2) is 8.51. The van der Waals surface area contributed by atoms with Gasteiger partial charge in [-0.2, -0.15) is 0 Å². The molecule has 2 amide bonds. The lowest BCUT2D eigenvalue weighted by Crippen LogP contribution is -2.46. The van der Waals surface area contributed by atoms with Crippen molar-refractivity contribution >= 4 is 6.03 Å². The van der Waals surface area contributed by atoms with Crippen LogP contribution in [0, 0.1) is 11.7 Å². The minimum Gasteiger partial charge on any atom is -0.490 e. The number of benzene rings is 2. The summed E-state index contributed by atoms with van der Waals surface area (Å²) in [5, 5.41) is 2.96. The van der Waals surface area contributed by atoms with Crippen LogP contribution in [0.25, 0.3) is 0 Å². The number of amides is 2. The number of para-hydroxylation sites is 1. The van der Waals surface area contributed by atoms with Crippen molar-refractivity contribution in [2.45, 2.75) is 19.4 Å². The molecule has 1 heterocycles. The topological polar surface area (TPSA) is 41.6 Å². The van der Waals surface area contributed by atoms with Gasteiger partial charge in [0.2, 0.25) is 0 Å². The van der Waals surface area contributed by atoms with Gasteiger partial charge in [0.25, 0.3) is 0 Å². The zero-order chi connectivity index (χ0) is 17.5. The Balaban J connectivity index is 1.47. The van der Waals surface area contributed by atoms with Crippen LogP contribution in [-0.2, 0) is 6.54 Å². The first kappa shape index (κ1) is 17.3. The van der Waals surface area contributed by atoms with Gasteiger partial charge in [-0.05, 0) is 30.5 Å². The van der Waals surface area contributed by atoms with E-state index in [-0.39, 0.29) is 23.5 Å². The van der Waals surface area contributed by atoms with Crippen LogP contribution in [0.1, 0.15) is 18.4 Å². The molecule has 1 saturated heterocycles. The summed E-state index contributed by atoms with van der Waals surface area (Å²) in [6, 6.07) is 16.2. The van der Waals surface area contributed by atoms with Gasteiger partial charge in [0, 0.05) is 25.6 Å². The van der Waals surface area contributed by atoms with Gasteiger partial charge in [-0.3, -0.25) is 0 Å². The Labute approximate surface area is 147 Å². The SMILES string of the molecule is O=C(NCc1ccccc1)N1CCCC(COc2ccccc2F)C1. The van der Waals surface area contributed by atoms with Crippen molar-refractivity contribution in [1.82, 2.24) is 10.2 Å². The number of hydrogen-bond acceptors (Lipinski definition) is 2. The molecule has 1 N–H and O–H groups in total. The highest BCUT2D eigenvalue weighted by Gasteiger charge is 2.24. The van der Waals surface area contributed by atoms with Crippen LogP contribution in [0.2, 0.25) is 0 Å². The normalized spacial score (nSPS) is 17.2. The zero-order valence-electron chi connectivity index (χ0n) is 14.2. The summed E-state index contributed by atoms with van der Waals surface area (Å²) in [6.07, 6.45) is 1.92. The van der Waals surface area contributed by atoms with Gasteiger partial charge in [-0.15, -0.1) is 0 Å². The average Bonchev–Trinajstić information content (AvgIpc) is 2.66. The van der Waals surface area contributed by atoms with Crippen molar-refractivity contribution in [2.75, 3.05) is 19.7 Å². The van der Waals surface area contributed by atoms with Crippen LogP contribution in [0.5, 0.6) is 5.75 Å². The molecule has 3 rings (SSSR count). The van der Waals surface area contributed by atoms with Crippen molar-refractivity contribution in [3.63, 3.8) is 0 Å². The number of nitrogens with one attached hydrogen (secondary N) is 1. The molecule has 1 unspecified atom stereocenters. The Bertz CT molecular complexity index is 693. The molecule has 1 aliphatic heterocycles. The number of urea groups is 1. The summed E-state index contributed by atoms with van der Waals surface area (Å²) >= 11 is 0. The number of rotatable bonds is 5. The minimum absolute atomic E-state index is 0.0561. The maximum Gasteiger partial charge on any atom is 0.317 e. The molecule has 5 heteroatoms. The van der Waals surface area contributed by atoms with E-state index < -0.39 is 0 Å². The molecule has 0 spiro atoms. The van der Waals surface area contributed by atoms with E-state index in [9.17, 15) is 9.18 Å². The maximum absolute atomic E-state index is 13.6. The summed E-state index contributed by atoms with van der Waals surface area (Å²) in [5.74, 6) is 0.139. The van der Waals surface area contributed by atoms with E-state index >= 15 is 0 Å². The van der Waals surface area contributed by atoms with Crippen LogP contribution in [0.4, 0.5) is 9.18 Å². The van der Waals surface area contributed by atoms with E-state index in [1.807, 2.05) is 35.2 Å². The molecule has 1 aliphatic rings. The van der Waals surface area contributed by atoms with Crippen molar-refractivity contribution in [3.8, 4) is 5.75 Å². The fourth-order valence-corrected chi connectivity index (χ4v) is 3.04. The Morgan fingerprint density at radius 3 is 2.72 bits per heavy atom. The highest BCUT2D eigenvalue weighted by Crippen LogP contribution is 2.20. The molecule has 4 nitrogen and oxygen atoms in total. The lowest BCUT2D eigenvalue weighted by atomic mass is 9.99. The van der Waals surface area contributed by atoms with Crippen LogP contribution in [0.15, 0.2) is 54.6 Å². The molecule has 0 saturated carbocycles. The highest BCUT2D eigenvalue weighted by molar-refractivity contribution is 5.74. The molecule has 0 bridgehead atoms. The van der Waals surface area contributed by atoms with Crippen LogP contribution in [-0.4, -0.2) is 30.6 Å². The lowest BCUT2D eigenvalue weighted by molar-refractivity contribution is 0.135. The van der Waals surface area contributed by atoms with Gasteiger partial charge in [-0.1, -0.05) is 42.5 Å². The number of nitrogens with zero attached hydrogens (tertiary/aromatic N) is 1.